The highest BCUT2D eigenvalue weighted by molar-refractivity contribution is 7.99. The van der Waals surface area contributed by atoms with Crippen LogP contribution in [0.3, 0.4) is 0 Å². The quantitative estimate of drug-likeness (QED) is 0.808. The monoisotopic (exact) mass is 301 g/mol. The normalized spacial score (nSPS) is 16.3. The Bertz CT molecular complexity index is 405. The fraction of sp³-hybridized carbons (Fsp3) is 0.667. The van der Waals surface area contributed by atoms with Crippen LogP contribution in [0.5, 0.6) is 0 Å². The number of aromatic nitrogens is 1. The molecule has 1 saturated heterocycles. The van der Waals surface area contributed by atoms with Gasteiger partial charge in [-0.25, -0.2) is 9.78 Å². The van der Waals surface area contributed by atoms with E-state index in [0.29, 0.717) is 12.3 Å². The minimum absolute atomic E-state index is 0.347. The van der Waals surface area contributed by atoms with Gasteiger partial charge in [-0.15, -0.1) is 11.3 Å². The Hall–Kier alpha value is -0.790. The summed E-state index contributed by atoms with van der Waals surface area (Å²) in [7, 11) is 0. The van der Waals surface area contributed by atoms with Gasteiger partial charge in [0.05, 0.1) is 12.1 Å². The Morgan fingerprint density at radius 1 is 1.53 bits per heavy atom. The molecule has 0 saturated carbocycles. The Balaban J connectivity index is 1.79. The van der Waals surface area contributed by atoms with E-state index in [-0.39, 0.29) is 5.97 Å². The van der Waals surface area contributed by atoms with Crippen LogP contribution in [-0.2, 0) is 4.74 Å². The van der Waals surface area contributed by atoms with Crippen LogP contribution in [0.25, 0.3) is 0 Å². The van der Waals surface area contributed by atoms with Crippen LogP contribution in [0.15, 0.2) is 5.51 Å². The van der Waals surface area contributed by atoms with Gasteiger partial charge in [0.25, 0.3) is 0 Å². The molecule has 1 N–H and O–H groups in total. The number of anilines is 1. The third kappa shape index (κ3) is 4.36. The lowest BCUT2D eigenvalue weighted by molar-refractivity contribution is 0.0521. The topological polar surface area (TPSA) is 54.5 Å². The first-order valence-corrected chi connectivity index (χ1v) is 8.49. The van der Waals surface area contributed by atoms with Gasteiger partial charge in [-0.1, -0.05) is 0 Å². The molecule has 1 aliphatic rings. The summed E-state index contributed by atoms with van der Waals surface area (Å²) in [4.78, 5) is 18.2. The van der Waals surface area contributed by atoms with Crippen molar-refractivity contribution in [3.05, 3.63) is 11.2 Å². The van der Waals surface area contributed by atoms with E-state index in [0.717, 1.165) is 31.2 Å². The average molecular weight is 301 g/mol. The largest absolute Gasteiger partial charge is 0.461 e. The first-order chi connectivity index (χ1) is 9.31. The Labute approximate surface area is 121 Å². The van der Waals surface area contributed by atoms with E-state index in [4.69, 9.17) is 4.74 Å². The number of carbonyl (C=O) groups excluding carboxylic acids is 1. The molecule has 106 valence electrons. The summed E-state index contributed by atoms with van der Waals surface area (Å²) in [5, 5.41) is 4.10. The number of hydrogen-bond donors (Lipinski definition) is 1. The maximum Gasteiger partial charge on any atom is 0.360 e. The summed E-state index contributed by atoms with van der Waals surface area (Å²) >= 11 is 3.46. The van der Waals surface area contributed by atoms with Crippen LogP contribution in [0.4, 0.5) is 5.00 Å². The van der Waals surface area contributed by atoms with E-state index in [1.807, 2.05) is 11.8 Å². The fourth-order valence-electron chi connectivity index (χ4n) is 1.87. The molecule has 1 aromatic rings. The smallest absolute Gasteiger partial charge is 0.360 e. The highest BCUT2D eigenvalue weighted by Gasteiger charge is 2.16. The molecule has 7 heteroatoms. The summed E-state index contributed by atoms with van der Waals surface area (Å²) in [5.74, 6) is 2.09. The lowest BCUT2D eigenvalue weighted by Crippen LogP contribution is -2.36. The molecule has 0 amide bonds. The first-order valence-electron chi connectivity index (χ1n) is 6.46. The Kier molecular flexibility index (Phi) is 5.93. The van der Waals surface area contributed by atoms with Gasteiger partial charge in [0, 0.05) is 37.7 Å². The standard InChI is InChI=1S/C12H19N3O2S2/c1-2-17-12(16)10-11(19-9-14-10)13-3-4-15-5-7-18-8-6-15/h9,13H,2-8H2,1H3. The number of rotatable bonds is 6. The second-order valence-electron chi connectivity index (χ2n) is 4.13. The molecule has 19 heavy (non-hydrogen) atoms. The second-order valence-corrected chi connectivity index (χ2v) is 6.21. The molecule has 0 aromatic carbocycles. The van der Waals surface area contributed by atoms with Crippen molar-refractivity contribution in [2.45, 2.75) is 6.92 Å². The van der Waals surface area contributed by atoms with Crippen molar-refractivity contribution in [3.63, 3.8) is 0 Å². The Morgan fingerprint density at radius 3 is 3.05 bits per heavy atom. The van der Waals surface area contributed by atoms with Crippen molar-refractivity contribution in [2.75, 3.05) is 49.6 Å². The zero-order chi connectivity index (χ0) is 13.5. The predicted octanol–water partition coefficient (Wildman–Crippen LogP) is 1.78. The van der Waals surface area contributed by atoms with Gasteiger partial charge < -0.3 is 10.1 Å². The van der Waals surface area contributed by atoms with Crippen LogP contribution in [0.1, 0.15) is 17.4 Å². The number of thioether (sulfide) groups is 1. The van der Waals surface area contributed by atoms with E-state index in [1.165, 1.54) is 22.8 Å². The molecule has 2 heterocycles. The summed E-state index contributed by atoms with van der Waals surface area (Å²) in [6, 6.07) is 0. The summed E-state index contributed by atoms with van der Waals surface area (Å²) < 4.78 is 4.98. The van der Waals surface area contributed by atoms with Crippen LogP contribution in [-0.4, -0.2) is 60.1 Å². The van der Waals surface area contributed by atoms with E-state index in [1.54, 1.807) is 12.4 Å². The molecule has 1 fully saturated rings. The third-order valence-electron chi connectivity index (χ3n) is 2.85. The van der Waals surface area contributed by atoms with Crippen molar-refractivity contribution in [3.8, 4) is 0 Å². The van der Waals surface area contributed by atoms with Crippen molar-refractivity contribution in [2.24, 2.45) is 0 Å². The summed E-state index contributed by atoms with van der Waals surface area (Å²) in [6.45, 7) is 6.31. The third-order valence-corrected chi connectivity index (χ3v) is 4.58. The minimum atomic E-state index is -0.347. The molecule has 0 spiro atoms. The molecule has 0 radical (unpaired) electrons. The number of carbonyl (C=O) groups is 1. The van der Waals surface area contributed by atoms with Gasteiger partial charge in [0.1, 0.15) is 5.00 Å². The van der Waals surface area contributed by atoms with E-state index >= 15 is 0 Å². The SMILES string of the molecule is CCOC(=O)c1ncsc1NCCN1CCSCC1. The predicted molar refractivity (Wildman–Crippen MR) is 80.3 cm³/mol. The van der Waals surface area contributed by atoms with E-state index < -0.39 is 0 Å². The molecule has 5 nitrogen and oxygen atoms in total. The van der Waals surface area contributed by atoms with E-state index in [9.17, 15) is 4.79 Å². The highest BCUT2D eigenvalue weighted by Crippen LogP contribution is 2.20. The first kappa shape index (κ1) is 14.6. The highest BCUT2D eigenvalue weighted by atomic mass is 32.2. The van der Waals surface area contributed by atoms with Crippen LogP contribution < -0.4 is 5.32 Å². The summed E-state index contributed by atoms with van der Waals surface area (Å²) in [6.07, 6.45) is 0. The fourth-order valence-corrected chi connectivity index (χ4v) is 3.54. The lowest BCUT2D eigenvalue weighted by atomic mass is 10.4. The zero-order valence-electron chi connectivity index (χ0n) is 11.1. The van der Waals surface area contributed by atoms with Crippen molar-refractivity contribution in [1.82, 2.24) is 9.88 Å². The molecular formula is C12H19N3O2S2. The van der Waals surface area contributed by atoms with Gasteiger partial charge in [0.2, 0.25) is 0 Å². The molecule has 0 atom stereocenters. The van der Waals surface area contributed by atoms with Crippen LogP contribution in [0.2, 0.25) is 0 Å². The van der Waals surface area contributed by atoms with Crippen molar-refractivity contribution < 1.29 is 9.53 Å². The number of nitrogens with zero attached hydrogens (tertiary/aromatic N) is 2. The molecule has 0 aliphatic carbocycles. The maximum atomic E-state index is 11.7. The molecular weight excluding hydrogens is 282 g/mol. The van der Waals surface area contributed by atoms with Crippen molar-refractivity contribution >= 4 is 34.1 Å². The van der Waals surface area contributed by atoms with Gasteiger partial charge in [-0.05, 0) is 6.92 Å². The van der Waals surface area contributed by atoms with Gasteiger partial charge in [0.15, 0.2) is 5.69 Å². The summed E-state index contributed by atoms with van der Waals surface area (Å²) in [5.41, 5.74) is 2.08. The van der Waals surface area contributed by atoms with E-state index in [2.05, 4.69) is 15.2 Å². The van der Waals surface area contributed by atoms with Gasteiger partial charge in [-0.3, -0.25) is 4.90 Å². The maximum absolute atomic E-state index is 11.7. The minimum Gasteiger partial charge on any atom is -0.461 e. The number of ether oxygens (including phenoxy) is 1. The van der Waals surface area contributed by atoms with Crippen LogP contribution in [0, 0.1) is 0 Å². The van der Waals surface area contributed by atoms with Crippen LogP contribution >= 0.6 is 23.1 Å². The Morgan fingerprint density at radius 2 is 2.32 bits per heavy atom. The average Bonchev–Trinajstić information content (AvgIpc) is 2.89. The number of nitrogens with one attached hydrogen (secondary N) is 1. The number of esters is 1. The molecule has 1 aliphatic heterocycles. The molecule has 2 rings (SSSR count). The number of thiazole rings is 1. The molecule has 0 unspecified atom stereocenters. The zero-order valence-corrected chi connectivity index (χ0v) is 12.7. The lowest BCUT2D eigenvalue weighted by Gasteiger charge is -2.26. The molecule has 1 aromatic heterocycles. The van der Waals surface area contributed by atoms with Gasteiger partial charge in [-0.2, -0.15) is 11.8 Å². The number of hydrogen-bond acceptors (Lipinski definition) is 7. The van der Waals surface area contributed by atoms with Gasteiger partial charge >= 0.3 is 5.97 Å². The van der Waals surface area contributed by atoms with Crippen molar-refractivity contribution in [1.29, 1.82) is 0 Å². The molecule has 0 bridgehead atoms. The second kappa shape index (κ2) is 7.72.